The minimum atomic E-state index is -4.45. The molecule has 0 aliphatic heterocycles. The maximum atomic E-state index is 12.6. The molecular weight excluding hydrogens is 259 g/mol. The molecule has 2 aromatic rings. The van der Waals surface area contributed by atoms with Gasteiger partial charge in [0, 0.05) is 10.9 Å². The van der Waals surface area contributed by atoms with Crippen LogP contribution in [0.2, 0.25) is 5.02 Å². The van der Waals surface area contributed by atoms with E-state index >= 15 is 0 Å². The Kier molecular flexibility index (Phi) is 2.90. The zero-order chi connectivity index (χ0) is 11.8. The average molecular weight is 263 g/mol. The number of hydrogen-bond donors (Lipinski definition) is 0. The second-order valence-electron chi connectivity index (χ2n) is 3.02. The molecule has 0 aliphatic carbocycles. The van der Waals surface area contributed by atoms with Crippen LogP contribution in [-0.2, 0) is 6.18 Å². The van der Waals surface area contributed by atoms with Gasteiger partial charge < -0.3 is 0 Å². The molecule has 2 rings (SSSR count). The van der Waals surface area contributed by atoms with Crippen LogP contribution in [0, 0.1) is 5.51 Å². The van der Waals surface area contributed by atoms with Gasteiger partial charge in [-0.1, -0.05) is 17.7 Å². The molecule has 0 aliphatic rings. The molecule has 1 nitrogen and oxygen atoms in total. The number of alkyl halides is 3. The van der Waals surface area contributed by atoms with E-state index in [4.69, 9.17) is 11.6 Å². The molecular formula is C10H4ClF3NS. The fraction of sp³-hybridized carbons (Fsp3) is 0.100. The quantitative estimate of drug-likeness (QED) is 0.747. The maximum absolute atomic E-state index is 12.6. The summed E-state index contributed by atoms with van der Waals surface area (Å²) in [7, 11) is 0. The van der Waals surface area contributed by atoms with E-state index in [1.807, 2.05) is 0 Å². The van der Waals surface area contributed by atoms with Gasteiger partial charge in [0.1, 0.15) is 0 Å². The smallest absolute Gasteiger partial charge is 0.233 e. The lowest BCUT2D eigenvalue weighted by atomic mass is 10.1. The van der Waals surface area contributed by atoms with E-state index in [-0.39, 0.29) is 5.02 Å². The monoisotopic (exact) mass is 262 g/mol. The number of nitrogens with zero attached hydrogens (tertiary/aromatic N) is 1. The Morgan fingerprint density at radius 2 is 2.06 bits per heavy atom. The summed E-state index contributed by atoms with van der Waals surface area (Å²) in [5, 5.41) is 1.32. The summed E-state index contributed by atoms with van der Waals surface area (Å²) in [6.07, 6.45) is -4.45. The number of halogens is 4. The van der Waals surface area contributed by atoms with Crippen molar-refractivity contribution in [3.05, 3.63) is 39.7 Å². The highest BCUT2D eigenvalue weighted by Gasteiger charge is 2.33. The van der Waals surface area contributed by atoms with Crippen LogP contribution in [0.3, 0.4) is 0 Å². The van der Waals surface area contributed by atoms with Gasteiger partial charge in [-0.05, 0) is 12.1 Å². The van der Waals surface area contributed by atoms with Crippen molar-refractivity contribution in [1.29, 1.82) is 0 Å². The largest absolute Gasteiger partial charge is 0.417 e. The second kappa shape index (κ2) is 4.07. The van der Waals surface area contributed by atoms with Crippen LogP contribution >= 0.6 is 22.9 Å². The Bertz CT molecular complexity index is 493. The molecule has 0 saturated heterocycles. The van der Waals surface area contributed by atoms with Gasteiger partial charge in [-0.15, -0.1) is 11.3 Å². The van der Waals surface area contributed by atoms with E-state index in [2.05, 4.69) is 10.5 Å². The van der Waals surface area contributed by atoms with Gasteiger partial charge >= 0.3 is 6.18 Å². The van der Waals surface area contributed by atoms with Crippen LogP contribution in [0.1, 0.15) is 5.56 Å². The number of hydrogen-bond acceptors (Lipinski definition) is 2. The second-order valence-corrected chi connectivity index (χ2v) is 4.08. The number of rotatable bonds is 1. The summed E-state index contributed by atoms with van der Waals surface area (Å²) in [5.41, 5.74) is 2.58. The van der Waals surface area contributed by atoms with Crippen molar-refractivity contribution in [2.24, 2.45) is 0 Å². The van der Waals surface area contributed by atoms with Crippen molar-refractivity contribution in [3.63, 3.8) is 0 Å². The van der Waals surface area contributed by atoms with Gasteiger partial charge in [-0.2, -0.15) is 13.2 Å². The molecule has 1 aromatic heterocycles. The van der Waals surface area contributed by atoms with Crippen LogP contribution < -0.4 is 0 Å². The number of aromatic nitrogens is 1. The van der Waals surface area contributed by atoms with Crippen molar-refractivity contribution in [1.82, 2.24) is 4.98 Å². The number of benzene rings is 1. The maximum Gasteiger partial charge on any atom is 0.417 e. The molecule has 0 unspecified atom stereocenters. The lowest BCUT2D eigenvalue weighted by Crippen LogP contribution is -2.05. The fourth-order valence-corrected chi connectivity index (χ4v) is 1.95. The summed E-state index contributed by atoms with van der Waals surface area (Å²) in [5.74, 6) is 0. The highest BCUT2D eigenvalue weighted by atomic mass is 35.5. The molecule has 6 heteroatoms. The van der Waals surface area contributed by atoms with E-state index in [0.29, 0.717) is 11.3 Å². The molecule has 0 atom stereocenters. The minimum Gasteiger partial charge on any atom is -0.233 e. The Balaban J connectivity index is 2.52. The van der Waals surface area contributed by atoms with Crippen LogP contribution in [0.4, 0.5) is 13.2 Å². The zero-order valence-corrected chi connectivity index (χ0v) is 9.25. The first-order valence-corrected chi connectivity index (χ1v) is 5.43. The van der Waals surface area contributed by atoms with Crippen LogP contribution in [-0.4, -0.2) is 4.98 Å². The Hall–Kier alpha value is -1.07. The lowest BCUT2D eigenvalue weighted by molar-refractivity contribution is -0.137. The van der Waals surface area contributed by atoms with Gasteiger partial charge in [0.2, 0.25) is 0 Å². The lowest BCUT2D eigenvalue weighted by Gasteiger charge is -2.09. The topological polar surface area (TPSA) is 12.9 Å². The standard InChI is InChI=1S/C10H4ClF3NS/c11-8-2-1-6(9-4-16-5-15-9)3-7(8)10(12,13)14/h1-4H. The first-order valence-electron chi connectivity index (χ1n) is 4.17. The molecule has 0 fully saturated rings. The Morgan fingerprint density at radius 3 is 2.62 bits per heavy atom. The molecule has 1 aromatic carbocycles. The summed E-state index contributed by atoms with van der Waals surface area (Å²) in [6, 6.07) is 3.71. The van der Waals surface area contributed by atoms with Crippen molar-refractivity contribution in [2.45, 2.75) is 6.18 Å². The van der Waals surface area contributed by atoms with Gasteiger partial charge in [0.25, 0.3) is 0 Å². The van der Waals surface area contributed by atoms with Crippen LogP contribution in [0.15, 0.2) is 23.6 Å². The van der Waals surface area contributed by atoms with Crippen molar-refractivity contribution in [2.75, 3.05) is 0 Å². The highest BCUT2D eigenvalue weighted by molar-refractivity contribution is 7.07. The molecule has 0 saturated carbocycles. The van der Waals surface area contributed by atoms with Crippen molar-refractivity contribution >= 4 is 22.9 Å². The van der Waals surface area contributed by atoms with Crippen LogP contribution in [0.25, 0.3) is 11.3 Å². The molecule has 0 amide bonds. The van der Waals surface area contributed by atoms with Gasteiger partial charge in [-0.3, -0.25) is 0 Å². The fourth-order valence-electron chi connectivity index (χ4n) is 1.22. The average Bonchev–Trinajstić information content (AvgIpc) is 2.69. The Morgan fingerprint density at radius 1 is 1.31 bits per heavy atom. The first kappa shape index (κ1) is 11.4. The van der Waals surface area contributed by atoms with Gasteiger partial charge in [-0.25, -0.2) is 4.98 Å². The third-order valence-electron chi connectivity index (χ3n) is 1.96. The predicted octanol–water partition coefficient (Wildman–Crippen LogP) is 4.28. The van der Waals surface area contributed by atoms with E-state index in [1.165, 1.54) is 23.5 Å². The molecule has 0 bridgehead atoms. The van der Waals surface area contributed by atoms with E-state index < -0.39 is 11.7 Å². The third-order valence-corrected chi connectivity index (χ3v) is 2.82. The Labute approximate surface area is 98.5 Å². The van der Waals surface area contributed by atoms with E-state index in [9.17, 15) is 13.2 Å². The van der Waals surface area contributed by atoms with Crippen molar-refractivity contribution < 1.29 is 13.2 Å². The molecule has 16 heavy (non-hydrogen) atoms. The van der Waals surface area contributed by atoms with Crippen LogP contribution in [0.5, 0.6) is 0 Å². The third kappa shape index (κ3) is 2.20. The van der Waals surface area contributed by atoms with E-state index in [0.717, 1.165) is 6.07 Å². The summed E-state index contributed by atoms with van der Waals surface area (Å²) in [4.78, 5) is 3.82. The zero-order valence-electron chi connectivity index (χ0n) is 7.68. The summed E-state index contributed by atoms with van der Waals surface area (Å²) in [6.45, 7) is 0. The minimum absolute atomic E-state index is 0.310. The molecule has 1 radical (unpaired) electrons. The SMILES string of the molecule is FC(F)(F)c1cc(-c2cs[c]n2)ccc1Cl. The molecule has 0 spiro atoms. The van der Waals surface area contributed by atoms with Gasteiger partial charge in [0.05, 0.1) is 16.3 Å². The normalized spacial score (nSPS) is 11.8. The summed E-state index contributed by atoms with van der Waals surface area (Å²) >= 11 is 6.70. The van der Waals surface area contributed by atoms with E-state index in [1.54, 1.807) is 5.38 Å². The summed E-state index contributed by atoms with van der Waals surface area (Å²) < 4.78 is 37.7. The first-order chi connectivity index (χ1) is 7.48. The highest BCUT2D eigenvalue weighted by Crippen LogP contribution is 2.36. The van der Waals surface area contributed by atoms with Crippen molar-refractivity contribution in [3.8, 4) is 11.3 Å². The van der Waals surface area contributed by atoms with Gasteiger partial charge in [0.15, 0.2) is 5.51 Å². The number of thiazole rings is 1. The molecule has 83 valence electrons. The molecule has 0 N–H and O–H groups in total. The predicted molar refractivity (Wildman–Crippen MR) is 56.4 cm³/mol. The molecule has 1 heterocycles.